The van der Waals surface area contributed by atoms with Crippen LogP contribution in [-0.4, -0.2) is 189 Å². The van der Waals surface area contributed by atoms with E-state index < -0.39 is 24.4 Å². The third-order valence-electron chi connectivity index (χ3n) is 12.9. The Morgan fingerprint density at radius 2 is 0.529 bits per heavy atom. The lowest BCUT2D eigenvalue weighted by atomic mass is 10.2. The lowest BCUT2D eigenvalue weighted by molar-refractivity contribution is 0.125. The summed E-state index contributed by atoms with van der Waals surface area (Å²) in [6, 6.07) is 38.6. The summed E-state index contributed by atoms with van der Waals surface area (Å²) in [5.74, 6) is 0. The maximum atomic E-state index is 12.3. The van der Waals surface area contributed by atoms with E-state index in [1.807, 2.05) is 121 Å². The molecule has 0 bridgehead atoms. The fourth-order valence-corrected chi connectivity index (χ4v) is 9.07. The summed E-state index contributed by atoms with van der Waals surface area (Å²) in [5, 5.41) is 40.4. The van der Waals surface area contributed by atoms with E-state index in [0.29, 0.717) is 78.0 Å². The molecule has 0 spiro atoms. The molecule has 4 N–H and O–H groups in total. The van der Waals surface area contributed by atoms with Gasteiger partial charge in [0, 0.05) is 78.5 Å². The predicted molar refractivity (Wildman–Crippen MR) is 273 cm³/mol. The quantitative estimate of drug-likeness (QED) is 0.0530. The number of carbonyl (C=O) groups is 4. The third kappa shape index (κ3) is 21.2. The first-order chi connectivity index (χ1) is 34.0. The van der Waals surface area contributed by atoms with Crippen LogP contribution in [0, 0.1) is 0 Å². The minimum atomic E-state index is -0.944. The van der Waals surface area contributed by atoms with Gasteiger partial charge in [-0.3, -0.25) is 0 Å². The summed E-state index contributed by atoms with van der Waals surface area (Å²) in [6.45, 7) is 12.0. The molecule has 4 amide bonds. The second-order valence-corrected chi connectivity index (χ2v) is 18.2. The van der Waals surface area contributed by atoms with Gasteiger partial charge in [0.2, 0.25) is 0 Å². The lowest BCUT2D eigenvalue weighted by Crippen LogP contribution is -2.43. The third-order valence-corrected chi connectivity index (χ3v) is 12.9. The average molecular weight is 965 g/mol. The van der Waals surface area contributed by atoms with Crippen molar-refractivity contribution in [2.45, 2.75) is 64.7 Å². The van der Waals surface area contributed by atoms with E-state index >= 15 is 0 Å². The molecule has 16 nitrogen and oxygen atoms in total. The summed E-state index contributed by atoms with van der Waals surface area (Å²) in [5.41, 5.74) is 3.78. The Bertz CT molecular complexity index is 1800. The van der Waals surface area contributed by atoms with Gasteiger partial charge in [0.1, 0.15) is 0 Å². The number of hydrogen-bond acceptors (Lipinski definition) is 8. The van der Waals surface area contributed by atoms with Crippen molar-refractivity contribution in [1.29, 1.82) is 0 Å². The van der Waals surface area contributed by atoms with Gasteiger partial charge in [-0.1, -0.05) is 121 Å². The van der Waals surface area contributed by atoms with Gasteiger partial charge in [-0.05, 0) is 113 Å². The van der Waals surface area contributed by atoms with E-state index in [-0.39, 0.29) is 0 Å². The molecule has 0 atom stereocenters. The zero-order valence-electron chi connectivity index (χ0n) is 40.9. The molecular weight excluding hydrogens is 889 g/mol. The maximum Gasteiger partial charge on any atom is 0.407 e. The van der Waals surface area contributed by atoms with Crippen LogP contribution < -0.4 is 0 Å². The highest BCUT2D eigenvalue weighted by atomic mass is 16.4. The molecule has 4 aromatic carbocycles. The van der Waals surface area contributed by atoms with Crippen molar-refractivity contribution in [3.63, 3.8) is 0 Å². The Morgan fingerprint density at radius 1 is 0.329 bits per heavy atom. The van der Waals surface area contributed by atoms with Crippen LogP contribution in [0.3, 0.4) is 0 Å². The fraction of sp³-hybridized carbons (Fsp3) is 0.481. The number of carboxylic acid groups (broad SMARTS) is 4. The average Bonchev–Trinajstić information content (AvgIpc) is 3.35. The van der Waals surface area contributed by atoms with Gasteiger partial charge in [-0.25, -0.2) is 19.2 Å². The highest BCUT2D eigenvalue weighted by molar-refractivity contribution is 5.66. The van der Waals surface area contributed by atoms with Gasteiger partial charge in [0.25, 0.3) is 0 Å². The Balaban J connectivity index is 1.28. The fourth-order valence-electron chi connectivity index (χ4n) is 9.07. The van der Waals surface area contributed by atoms with Crippen LogP contribution in [0.2, 0.25) is 0 Å². The van der Waals surface area contributed by atoms with E-state index in [1.54, 1.807) is 0 Å². The lowest BCUT2D eigenvalue weighted by Gasteiger charge is -2.33. The van der Waals surface area contributed by atoms with Crippen molar-refractivity contribution >= 4 is 24.4 Å². The van der Waals surface area contributed by atoms with Gasteiger partial charge in [0.15, 0.2) is 0 Å². The van der Waals surface area contributed by atoms with E-state index in [9.17, 15) is 39.6 Å². The highest BCUT2D eigenvalue weighted by Gasteiger charge is 2.20. The molecule has 1 aliphatic rings. The molecule has 0 radical (unpaired) electrons. The molecular formula is C54H76N8O8. The van der Waals surface area contributed by atoms with Crippen molar-refractivity contribution in [3.05, 3.63) is 144 Å². The number of benzene rings is 4. The molecule has 0 aliphatic carbocycles. The molecule has 1 heterocycles. The number of amides is 4. The smallest absolute Gasteiger partial charge is 0.407 e. The van der Waals surface area contributed by atoms with Crippen LogP contribution in [0.1, 0.15) is 60.8 Å². The van der Waals surface area contributed by atoms with Crippen LogP contribution in [0.15, 0.2) is 121 Å². The number of hydrogen-bond donors (Lipinski definition) is 4. The van der Waals surface area contributed by atoms with Crippen LogP contribution in [0.25, 0.3) is 0 Å². The van der Waals surface area contributed by atoms with Crippen molar-refractivity contribution < 1.29 is 39.6 Å². The van der Waals surface area contributed by atoms with Crippen molar-refractivity contribution in [2.75, 3.05) is 105 Å². The molecule has 0 saturated carbocycles. The first-order valence-electron chi connectivity index (χ1n) is 25.0. The Labute approximate surface area is 414 Å². The summed E-state index contributed by atoms with van der Waals surface area (Å²) in [7, 11) is 0. The molecule has 4 aromatic rings. The molecule has 70 heavy (non-hydrogen) atoms. The second kappa shape index (κ2) is 31.1. The predicted octanol–water partition coefficient (Wildman–Crippen LogP) is 8.27. The Hall–Kier alpha value is -6.20. The van der Waals surface area contributed by atoms with Crippen molar-refractivity contribution in [3.8, 4) is 0 Å². The van der Waals surface area contributed by atoms with Crippen molar-refractivity contribution in [1.82, 2.24) is 39.2 Å². The summed E-state index contributed by atoms with van der Waals surface area (Å²) in [4.78, 5) is 65.0. The minimum Gasteiger partial charge on any atom is -0.465 e. The first-order valence-corrected chi connectivity index (χ1v) is 25.0. The van der Waals surface area contributed by atoms with E-state index in [1.165, 1.54) is 19.6 Å². The number of nitrogens with zero attached hydrogens (tertiary/aromatic N) is 8. The molecule has 1 saturated heterocycles. The second-order valence-electron chi connectivity index (χ2n) is 18.2. The normalized spacial score (nSPS) is 14.9. The molecule has 5 rings (SSSR count). The van der Waals surface area contributed by atoms with Gasteiger partial charge in [-0.2, -0.15) is 0 Å². The SMILES string of the molecule is O=C(O)N(CCCN1CCCN(CCCN(Cc2ccccc2)C(=O)O)CCN(CCCN(Cc2ccccc2)C(=O)O)CCCN(CCCN(Cc2ccccc2)C(=O)O)CC1)Cc1ccccc1. The topological polar surface area (TPSA) is 175 Å². The zero-order valence-corrected chi connectivity index (χ0v) is 40.9. The maximum absolute atomic E-state index is 12.3. The highest BCUT2D eigenvalue weighted by Crippen LogP contribution is 2.13. The standard InChI is InChI=1S/C54H76N8O8/c63-51(64)59(43-47-19-5-1-6-20-47)35-15-31-55-27-13-28-57(33-17-37-61(53(67)68)45-49-23-9-3-10-24-49)41-42-58(34-18-38-62(54(69)70)46-50-25-11-4-12-26-50)30-14-29-56(40-39-55)32-16-36-60(52(65)66)44-48-21-7-2-8-22-48/h1-12,19-26H,13-18,27-46H2,(H,63,64)(H,65,66)(H,67,68)(H,69,70). The molecule has 380 valence electrons. The van der Waals surface area contributed by atoms with Crippen LogP contribution in [0.5, 0.6) is 0 Å². The first kappa shape index (κ1) is 54.7. The molecule has 1 fully saturated rings. The number of rotatable bonds is 24. The van der Waals surface area contributed by atoms with Gasteiger partial charge in [-0.15, -0.1) is 0 Å². The summed E-state index contributed by atoms with van der Waals surface area (Å²) >= 11 is 0. The van der Waals surface area contributed by atoms with Crippen LogP contribution in [0.4, 0.5) is 19.2 Å². The van der Waals surface area contributed by atoms with Crippen molar-refractivity contribution in [2.24, 2.45) is 0 Å². The Morgan fingerprint density at radius 3 is 0.714 bits per heavy atom. The summed E-state index contributed by atoms with van der Waals surface area (Å²) in [6.07, 6.45) is 0.618. The molecule has 1 aliphatic heterocycles. The largest absolute Gasteiger partial charge is 0.465 e. The zero-order chi connectivity index (χ0) is 49.8. The van der Waals surface area contributed by atoms with Crippen LogP contribution in [-0.2, 0) is 26.2 Å². The minimum absolute atomic E-state index is 0.323. The van der Waals surface area contributed by atoms with Crippen LogP contribution >= 0.6 is 0 Å². The molecule has 0 unspecified atom stereocenters. The van der Waals surface area contributed by atoms with E-state index in [0.717, 1.165) is 114 Å². The van der Waals surface area contributed by atoms with Gasteiger partial charge >= 0.3 is 24.4 Å². The van der Waals surface area contributed by atoms with Gasteiger partial charge in [0.05, 0.1) is 0 Å². The molecule has 0 aromatic heterocycles. The van der Waals surface area contributed by atoms with Gasteiger partial charge < -0.3 is 59.6 Å². The monoisotopic (exact) mass is 965 g/mol. The Kier molecular flexibility index (Phi) is 24.3. The van der Waals surface area contributed by atoms with E-state index in [4.69, 9.17) is 0 Å². The van der Waals surface area contributed by atoms with E-state index in [2.05, 4.69) is 19.6 Å². The molecule has 16 heteroatoms. The summed E-state index contributed by atoms with van der Waals surface area (Å²) < 4.78 is 0.